The van der Waals surface area contributed by atoms with Gasteiger partial charge in [-0.3, -0.25) is 4.79 Å². The second-order valence-electron chi connectivity index (χ2n) is 5.25. The van der Waals surface area contributed by atoms with Gasteiger partial charge in [-0.25, -0.2) is 0 Å². The van der Waals surface area contributed by atoms with Gasteiger partial charge in [0.05, 0.1) is 12.2 Å². The molecule has 1 aromatic rings. The molecule has 0 aromatic heterocycles. The molecule has 19 heavy (non-hydrogen) atoms. The standard InChI is InChI=1S/C15H21NO3/c1-10-6-7-12(14(17)8-10)15(18)16-13-5-3-4-11(13)9-19-2/h6-8,11,13,17H,3-5,9H2,1-2H3,(H,16,18)/t11-,13-/m1/s1. The van der Waals surface area contributed by atoms with Crippen molar-refractivity contribution in [3.05, 3.63) is 29.3 Å². The van der Waals surface area contributed by atoms with E-state index in [4.69, 9.17) is 4.74 Å². The monoisotopic (exact) mass is 263 g/mol. The van der Waals surface area contributed by atoms with Crippen LogP contribution in [0.5, 0.6) is 5.75 Å². The van der Waals surface area contributed by atoms with Crippen molar-refractivity contribution < 1.29 is 14.6 Å². The smallest absolute Gasteiger partial charge is 0.255 e. The third-order valence-electron chi connectivity index (χ3n) is 3.75. The molecule has 4 heteroatoms. The highest BCUT2D eigenvalue weighted by atomic mass is 16.5. The van der Waals surface area contributed by atoms with E-state index in [0.717, 1.165) is 24.8 Å². The number of hydrogen-bond donors (Lipinski definition) is 2. The van der Waals surface area contributed by atoms with E-state index < -0.39 is 0 Å². The molecule has 0 heterocycles. The zero-order valence-corrected chi connectivity index (χ0v) is 11.5. The molecule has 1 aromatic carbocycles. The van der Waals surface area contributed by atoms with Gasteiger partial charge in [-0.05, 0) is 37.5 Å². The van der Waals surface area contributed by atoms with Crippen molar-refractivity contribution in [2.24, 2.45) is 5.92 Å². The highest BCUT2D eigenvalue weighted by Crippen LogP contribution is 2.27. The molecule has 0 unspecified atom stereocenters. The number of phenolic OH excluding ortho intramolecular Hbond substituents is 1. The fourth-order valence-electron chi connectivity index (χ4n) is 2.72. The lowest BCUT2D eigenvalue weighted by molar-refractivity contribution is 0.0895. The van der Waals surface area contributed by atoms with Crippen LogP contribution in [0.3, 0.4) is 0 Å². The van der Waals surface area contributed by atoms with Gasteiger partial charge in [0.25, 0.3) is 5.91 Å². The summed E-state index contributed by atoms with van der Waals surface area (Å²) >= 11 is 0. The molecule has 2 rings (SSSR count). The van der Waals surface area contributed by atoms with Crippen molar-refractivity contribution in [3.63, 3.8) is 0 Å². The number of ether oxygens (including phenoxy) is 1. The second kappa shape index (κ2) is 6.06. The molecule has 4 nitrogen and oxygen atoms in total. The van der Waals surface area contributed by atoms with E-state index in [1.807, 2.05) is 13.0 Å². The van der Waals surface area contributed by atoms with Gasteiger partial charge in [0.15, 0.2) is 0 Å². The molecule has 1 saturated carbocycles. The van der Waals surface area contributed by atoms with Gasteiger partial charge < -0.3 is 15.2 Å². The maximum Gasteiger partial charge on any atom is 0.255 e. The maximum atomic E-state index is 12.2. The number of rotatable bonds is 4. The van der Waals surface area contributed by atoms with Crippen molar-refractivity contribution in [3.8, 4) is 5.75 Å². The summed E-state index contributed by atoms with van der Waals surface area (Å²) < 4.78 is 5.18. The summed E-state index contributed by atoms with van der Waals surface area (Å²) in [5.74, 6) is 0.214. The minimum absolute atomic E-state index is 0.0405. The maximum absolute atomic E-state index is 12.2. The van der Waals surface area contributed by atoms with Crippen LogP contribution in [0.2, 0.25) is 0 Å². The van der Waals surface area contributed by atoms with Crippen LogP contribution in [0.25, 0.3) is 0 Å². The summed E-state index contributed by atoms with van der Waals surface area (Å²) in [5.41, 5.74) is 1.28. The predicted octanol–water partition coefficient (Wildman–Crippen LogP) is 2.25. The first-order chi connectivity index (χ1) is 9.11. The second-order valence-corrected chi connectivity index (χ2v) is 5.25. The molecule has 0 radical (unpaired) electrons. The first kappa shape index (κ1) is 13.9. The quantitative estimate of drug-likeness (QED) is 0.876. The van der Waals surface area contributed by atoms with Crippen molar-refractivity contribution in [2.75, 3.05) is 13.7 Å². The number of amides is 1. The summed E-state index contributed by atoms with van der Waals surface area (Å²) in [6.07, 6.45) is 3.17. The van der Waals surface area contributed by atoms with Crippen LogP contribution in [0.4, 0.5) is 0 Å². The Labute approximate surface area is 113 Å². The minimum atomic E-state index is -0.203. The molecule has 0 spiro atoms. The Bertz CT molecular complexity index is 459. The third kappa shape index (κ3) is 3.26. The number of methoxy groups -OCH3 is 1. The van der Waals surface area contributed by atoms with Gasteiger partial charge in [0, 0.05) is 19.1 Å². The summed E-state index contributed by atoms with van der Waals surface area (Å²) in [5, 5.41) is 12.8. The number of benzene rings is 1. The topological polar surface area (TPSA) is 58.6 Å². The lowest BCUT2D eigenvalue weighted by atomic mass is 10.0. The van der Waals surface area contributed by atoms with Crippen molar-refractivity contribution in [2.45, 2.75) is 32.2 Å². The number of aromatic hydroxyl groups is 1. The van der Waals surface area contributed by atoms with Crippen molar-refractivity contribution in [1.82, 2.24) is 5.32 Å². The molecular weight excluding hydrogens is 242 g/mol. The fourth-order valence-corrected chi connectivity index (χ4v) is 2.72. The van der Waals surface area contributed by atoms with E-state index in [9.17, 15) is 9.90 Å². The molecule has 0 bridgehead atoms. The van der Waals surface area contributed by atoms with Gasteiger partial charge in [-0.2, -0.15) is 0 Å². The number of hydrogen-bond acceptors (Lipinski definition) is 3. The molecular formula is C15H21NO3. The van der Waals surface area contributed by atoms with Gasteiger partial charge in [0.2, 0.25) is 0 Å². The predicted molar refractivity (Wildman–Crippen MR) is 73.3 cm³/mol. The van der Waals surface area contributed by atoms with E-state index in [1.165, 1.54) is 0 Å². The average Bonchev–Trinajstić information content (AvgIpc) is 2.77. The highest BCUT2D eigenvalue weighted by Gasteiger charge is 2.29. The largest absolute Gasteiger partial charge is 0.507 e. The van der Waals surface area contributed by atoms with Crippen LogP contribution >= 0.6 is 0 Å². The van der Waals surface area contributed by atoms with Crippen molar-refractivity contribution >= 4 is 5.91 Å². The fraction of sp³-hybridized carbons (Fsp3) is 0.533. The van der Waals surface area contributed by atoms with Gasteiger partial charge in [0.1, 0.15) is 5.75 Å². The third-order valence-corrected chi connectivity index (χ3v) is 3.75. The number of carbonyl (C=O) groups is 1. The molecule has 1 amide bonds. The van der Waals surface area contributed by atoms with E-state index in [2.05, 4.69) is 5.32 Å². The van der Waals surface area contributed by atoms with Crippen LogP contribution in [0, 0.1) is 12.8 Å². The normalized spacial score (nSPS) is 22.4. The Kier molecular flexibility index (Phi) is 4.43. The average molecular weight is 263 g/mol. The summed E-state index contributed by atoms with van der Waals surface area (Å²) in [6.45, 7) is 2.55. The number of carbonyl (C=O) groups excluding carboxylic acids is 1. The first-order valence-electron chi connectivity index (χ1n) is 6.71. The molecule has 0 saturated heterocycles. The van der Waals surface area contributed by atoms with E-state index in [0.29, 0.717) is 18.1 Å². The zero-order chi connectivity index (χ0) is 13.8. The summed E-state index contributed by atoms with van der Waals surface area (Å²) in [7, 11) is 1.68. The zero-order valence-electron chi connectivity index (χ0n) is 11.5. The molecule has 1 fully saturated rings. The Hall–Kier alpha value is -1.55. The highest BCUT2D eigenvalue weighted by molar-refractivity contribution is 5.97. The minimum Gasteiger partial charge on any atom is -0.507 e. The van der Waals surface area contributed by atoms with Crippen LogP contribution in [0.15, 0.2) is 18.2 Å². The first-order valence-corrected chi connectivity index (χ1v) is 6.71. The molecule has 1 aliphatic rings. The van der Waals surface area contributed by atoms with Crippen molar-refractivity contribution in [1.29, 1.82) is 0 Å². The SMILES string of the molecule is COC[C@H]1CCC[C@H]1NC(=O)c1ccc(C)cc1O. The van der Waals surface area contributed by atoms with E-state index in [1.54, 1.807) is 19.2 Å². The van der Waals surface area contributed by atoms with Gasteiger partial charge >= 0.3 is 0 Å². The molecule has 104 valence electrons. The van der Waals surface area contributed by atoms with Crippen LogP contribution in [-0.4, -0.2) is 30.8 Å². The Morgan fingerprint density at radius 3 is 2.95 bits per heavy atom. The van der Waals surface area contributed by atoms with Crippen LogP contribution < -0.4 is 5.32 Å². The Balaban J connectivity index is 2.04. The lowest BCUT2D eigenvalue weighted by Crippen LogP contribution is -2.38. The van der Waals surface area contributed by atoms with Crippen LogP contribution in [0.1, 0.15) is 35.2 Å². The number of aryl methyl sites for hydroxylation is 1. The number of nitrogens with one attached hydrogen (secondary N) is 1. The molecule has 1 aliphatic carbocycles. The van der Waals surface area contributed by atoms with E-state index >= 15 is 0 Å². The summed E-state index contributed by atoms with van der Waals surface area (Å²) in [6, 6.07) is 5.25. The molecule has 0 aliphatic heterocycles. The van der Waals surface area contributed by atoms with Gasteiger partial charge in [-0.1, -0.05) is 12.5 Å². The van der Waals surface area contributed by atoms with E-state index in [-0.39, 0.29) is 17.7 Å². The Morgan fingerprint density at radius 2 is 2.26 bits per heavy atom. The number of phenols is 1. The van der Waals surface area contributed by atoms with Crippen LogP contribution in [-0.2, 0) is 4.74 Å². The van der Waals surface area contributed by atoms with Gasteiger partial charge in [-0.15, -0.1) is 0 Å². The Morgan fingerprint density at radius 1 is 1.47 bits per heavy atom. The summed E-state index contributed by atoms with van der Waals surface area (Å²) in [4.78, 5) is 12.2. The molecule has 2 atom stereocenters. The lowest BCUT2D eigenvalue weighted by Gasteiger charge is -2.20. The molecule has 2 N–H and O–H groups in total.